The number of allylic oxidation sites excluding steroid dienone is 1. The average Bonchev–Trinajstić information content (AvgIpc) is 3.00. The first-order chi connectivity index (χ1) is 19.8. The molecule has 0 aromatic heterocycles. The number of hydrogen-bond acceptors (Lipinski definition) is 3. The molecule has 6 rings (SSSR count). The normalized spacial score (nSPS) is 23.4. The van der Waals surface area contributed by atoms with Crippen molar-refractivity contribution in [1.29, 1.82) is 0 Å². The second-order valence-corrected chi connectivity index (χ2v) is 10.3. The first-order valence-corrected chi connectivity index (χ1v) is 13.2. The lowest BCUT2D eigenvalue weighted by Gasteiger charge is -2.47. The van der Waals surface area contributed by atoms with Crippen LogP contribution in [-0.2, 0) is 11.0 Å². The zero-order valence-electron chi connectivity index (χ0n) is 21.6. The molecule has 3 nitrogen and oxygen atoms in total. The lowest BCUT2D eigenvalue weighted by atomic mass is 9.58. The zero-order chi connectivity index (χ0) is 28.7. The molecule has 0 amide bonds. The van der Waals surface area contributed by atoms with Crippen LogP contribution in [-0.4, -0.2) is 12.1 Å². The van der Waals surface area contributed by atoms with Gasteiger partial charge < -0.3 is 4.74 Å². The maximum Gasteiger partial charge on any atom is 0.416 e. The SMILES string of the molecule is O=CC1=C[C@H]2[C@H](c3cccc(F)c3O[C@H]2c2ccccc2)[C@H](C(=O)c2ccc(C(F)(F)F)cc2)[C@H]1c1ccccc1. The number of benzene rings is 4. The summed E-state index contributed by atoms with van der Waals surface area (Å²) in [6, 6.07) is 26.9. The fraction of sp³-hybridized carbons (Fsp3) is 0.176. The number of ketones is 1. The fourth-order valence-electron chi connectivity index (χ4n) is 6.31. The molecule has 0 fully saturated rings. The van der Waals surface area contributed by atoms with Crippen LogP contribution in [0.1, 0.15) is 50.6 Å². The third-order valence-corrected chi connectivity index (χ3v) is 8.08. The predicted octanol–water partition coefficient (Wildman–Crippen LogP) is 8.10. The van der Waals surface area contributed by atoms with E-state index in [1.807, 2.05) is 54.6 Å². The Morgan fingerprint density at radius 1 is 0.780 bits per heavy atom. The Bertz CT molecular complexity index is 1610. The highest BCUT2D eigenvalue weighted by atomic mass is 19.4. The van der Waals surface area contributed by atoms with Crippen LogP contribution in [0.4, 0.5) is 17.6 Å². The van der Waals surface area contributed by atoms with E-state index in [1.54, 1.807) is 24.3 Å². The monoisotopic (exact) mass is 556 g/mol. The predicted molar refractivity (Wildman–Crippen MR) is 145 cm³/mol. The molecule has 7 heteroatoms. The molecule has 0 bridgehead atoms. The number of hydrogen-bond donors (Lipinski definition) is 0. The topological polar surface area (TPSA) is 43.4 Å². The number of para-hydroxylation sites is 1. The third-order valence-electron chi connectivity index (χ3n) is 8.08. The number of alkyl halides is 3. The van der Waals surface area contributed by atoms with Crippen LogP contribution in [0.15, 0.2) is 115 Å². The van der Waals surface area contributed by atoms with Gasteiger partial charge >= 0.3 is 6.18 Å². The van der Waals surface area contributed by atoms with Crippen LogP contribution in [0.5, 0.6) is 5.75 Å². The number of fused-ring (bicyclic) bond motifs is 3. The summed E-state index contributed by atoms with van der Waals surface area (Å²) in [5, 5.41) is 0. The van der Waals surface area contributed by atoms with Gasteiger partial charge in [-0.15, -0.1) is 0 Å². The molecular formula is C34H24F4O3. The summed E-state index contributed by atoms with van der Waals surface area (Å²) in [4.78, 5) is 27.1. The molecule has 1 aliphatic carbocycles. The van der Waals surface area contributed by atoms with Gasteiger partial charge in [-0.05, 0) is 34.9 Å². The summed E-state index contributed by atoms with van der Waals surface area (Å²) in [5.41, 5.74) is 1.51. The Balaban J connectivity index is 1.58. The highest BCUT2D eigenvalue weighted by Gasteiger charge is 2.52. The van der Waals surface area contributed by atoms with E-state index in [0.29, 0.717) is 16.7 Å². The molecule has 0 radical (unpaired) electrons. The first kappa shape index (κ1) is 26.7. The molecule has 4 aromatic rings. The van der Waals surface area contributed by atoms with Crippen LogP contribution < -0.4 is 4.74 Å². The first-order valence-electron chi connectivity index (χ1n) is 13.2. The standard InChI is InChI=1S/C34H24F4O3/c35-27-13-7-12-25-29-26(32(41-33(25)27)22-10-5-2-6-11-22)18-23(19-39)28(20-8-3-1-4-9-20)30(29)31(40)21-14-16-24(17-15-21)34(36,37)38/h1-19,26,28-30,32H/t26-,28-,29-,30+,32-/m0/s1. The second-order valence-electron chi connectivity index (χ2n) is 10.3. The van der Waals surface area contributed by atoms with Crippen LogP contribution in [0.25, 0.3) is 0 Å². The number of halogens is 4. The largest absolute Gasteiger partial charge is 0.482 e. The van der Waals surface area contributed by atoms with Gasteiger partial charge in [0.15, 0.2) is 17.3 Å². The molecule has 41 heavy (non-hydrogen) atoms. The molecule has 5 atom stereocenters. The van der Waals surface area contributed by atoms with E-state index in [4.69, 9.17) is 4.74 Å². The smallest absolute Gasteiger partial charge is 0.416 e. The van der Waals surface area contributed by atoms with E-state index < -0.39 is 53.1 Å². The Kier molecular flexibility index (Phi) is 6.81. The summed E-state index contributed by atoms with van der Waals surface area (Å²) in [5.74, 6) is -3.79. The van der Waals surface area contributed by atoms with Crippen LogP contribution in [0.2, 0.25) is 0 Å². The Morgan fingerprint density at radius 2 is 1.41 bits per heavy atom. The van der Waals surface area contributed by atoms with Crippen molar-refractivity contribution < 1.29 is 31.9 Å². The van der Waals surface area contributed by atoms with Crippen molar-refractivity contribution >= 4 is 12.1 Å². The number of carbonyl (C=O) groups excluding carboxylic acids is 2. The molecule has 206 valence electrons. The van der Waals surface area contributed by atoms with E-state index in [2.05, 4.69) is 0 Å². The van der Waals surface area contributed by atoms with Gasteiger partial charge in [0.25, 0.3) is 0 Å². The summed E-state index contributed by atoms with van der Waals surface area (Å²) >= 11 is 0. The van der Waals surface area contributed by atoms with E-state index in [9.17, 15) is 22.8 Å². The Hall–Kier alpha value is -4.52. The van der Waals surface area contributed by atoms with Gasteiger partial charge in [-0.1, -0.05) is 91.0 Å². The van der Waals surface area contributed by atoms with Crippen molar-refractivity contribution in [2.45, 2.75) is 24.1 Å². The quantitative estimate of drug-likeness (QED) is 0.142. The van der Waals surface area contributed by atoms with Crippen molar-refractivity contribution in [1.82, 2.24) is 0 Å². The van der Waals surface area contributed by atoms with Gasteiger partial charge in [-0.2, -0.15) is 13.2 Å². The zero-order valence-corrected chi connectivity index (χ0v) is 21.6. The van der Waals surface area contributed by atoms with Crippen molar-refractivity contribution in [3.63, 3.8) is 0 Å². The fourth-order valence-corrected chi connectivity index (χ4v) is 6.31. The maximum atomic E-state index is 15.3. The number of ether oxygens (including phenoxy) is 1. The number of carbonyl (C=O) groups is 2. The lowest BCUT2D eigenvalue weighted by Crippen LogP contribution is -2.42. The highest BCUT2D eigenvalue weighted by Crippen LogP contribution is 2.58. The second kappa shape index (κ2) is 10.5. The Morgan fingerprint density at radius 3 is 2.02 bits per heavy atom. The summed E-state index contributed by atoms with van der Waals surface area (Å²) in [6.07, 6.45) is -2.72. The number of Topliss-reactive ketones (excluding diaryl/α,β-unsaturated/α-hetero) is 1. The summed E-state index contributed by atoms with van der Waals surface area (Å²) in [6.45, 7) is 0. The van der Waals surface area contributed by atoms with E-state index in [1.165, 1.54) is 18.2 Å². The van der Waals surface area contributed by atoms with Gasteiger partial charge in [0.2, 0.25) is 0 Å². The minimum Gasteiger partial charge on any atom is -0.482 e. The van der Waals surface area contributed by atoms with E-state index in [-0.39, 0.29) is 11.3 Å². The van der Waals surface area contributed by atoms with Crippen LogP contribution >= 0.6 is 0 Å². The molecule has 0 unspecified atom stereocenters. The van der Waals surface area contributed by atoms with Crippen LogP contribution in [0, 0.1) is 17.7 Å². The maximum absolute atomic E-state index is 15.3. The highest BCUT2D eigenvalue weighted by molar-refractivity contribution is 6.00. The van der Waals surface area contributed by atoms with Gasteiger partial charge in [0, 0.05) is 34.8 Å². The molecule has 1 heterocycles. The van der Waals surface area contributed by atoms with Gasteiger partial charge in [-0.25, -0.2) is 4.39 Å². The lowest BCUT2D eigenvalue weighted by molar-refractivity contribution is -0.137. The minimum atomic E-state index is -4.56. The third kappa shape index (κ3) is 4.75. The molecule has 4 aromatic carbocycles. The van der Waals surface area contributed by atoms with E-state index in [0.717, 1.165) is 24.0 Å². The molecule has 2 aliphatic rings. The molecule has 0 spiro atoms. The summed E-state index contributed by atoms with van der Waals surface area (Å²) in [7, 11) is 0. The van der Waals surface area contributed by atoms with Crippen molar-refractivity contribution in [2.75, 3.05) is 0 Å². The molecule has 0 N–H and O–H groups in total. The van der Waals surface area contributed by atoms with Crippen molar-refractivity contribution in [3.05, 3.63) is 148 Å². The summed E-state index contributed by atoms with van der Waals surface area (Å²) < 4.78 is 61.5. The van der Waals surface area contributed by atoms with Crippen molar-refractivity contribution in [3.8, 4) is 5.75 Å². The van der Waals surface area contributed by atoms with Crippen molar-refractivity contribution in [2.24, 2.45) is 11.8 Å². The molecular weight excluding hydrogens is 532 g/mol. The molecule has 0 saturated carbocycles. The minimum absolute atomic E-state index is 0.0302. The Labute approximate surface area is 234 Å². The van der Waals surface area contributed by atoms with Gasteiger partial charge in [-0.3, -0.25) is 9.59 Å². The number of rotatable bonds is 5. The van der Waals surface area contributed by atoms with Gasteiger partial charge in [0.1, 0.15) is 12.4 Å². The van der Waals surface area contributed by atoms with Gasteiger partial charge in [0.05, 0.1) is 5.56 Å². The van der Waals surface area contributed by atoms with E-state index >= 15 is 4.39 Å². The number of aldehydes is 1. The molecule has 1 aliphatic heterocycles. The van der Waals surface area contributed by atoms with Crippen LogP contribution in [0.3, 0.4) is 0 Å². The molecule has 0 saturated heterocycles. The average molecular weight is 557 g/mol.